The average Bonchev–Trinajstić information content (AvgIpc) is 2.40. The summed E-state index contributed by atoms with van der Waals surface area (Å²) in [6, 6.07) is 0. The van der Waals surface area contributed by atoms with Gasteiger partial charge < -0.3 is 5.32 Å². The summed E-state index contributed by atoms with van der Waals surface area (Å²) in [5.41, 5.74) is 0.191. The van der Waals surface area contributed by atoms with Crippen molar-refractivity contribution in [1.29, 1.82) is 0 Å². The maximum absolute atomic E-state index is 11.3. The molecule has 0 aromatic carbocycles. The summed E-state index contributed by atoms with van der Waals surface area (Å²) in [4.78, 5) is 11.3. The van der Waals surface area contributed by atoms with Crippen LogP contribution in [0.5, 0.6) is 0 Å². The van der Waals surface area contributed by atoms with Gasteiger partial charge in [0, 0.05) is 18.4 Å². The Morgan fingerprint density at radius 3 is 2.92 bits per heavy atom. The lowest BCUT2D eigenvalue weighted by molar-refractivity contribution is -0.118. The van der Waals surface area contributed by atoms with Crippen LogP contribution < -0.4 is 5.32 Å². The van der Waals surface area contributed by atoms with Crippen molar-refractivity contribution in [3.05, 3.63) is 0 Å². The molecule has 2 heteroatoms. The highest BCUT2D eigenvalue weighted by atomic mass is 16.1. The molecule has 3 atom stereocenters. The summed E-state index contributed by atoms with van der Waals surface area (Å²) in [6.07, 6.45) is 4.04. The third-order valence-electron chi connectivity index (χ3n) is 3.67. The van der Waals surface area contributed by atoms with Gasteiger partial charge in [0.2, 0.25) is 0 Å². The summed E-state index contributed by atoms with van der Waals surface area (Å²) in [7, 11) is 2.00. The minimum atomic E-state index is 0.191. The first-order valence-electron chi connectivity index (χ1n) is 4.87. The Morgan fingerprint density at radius 2 is 2.33 bits per heavy atom. The molecule has 0 spiro atoms. The third-order valence-corrected chi connectivity index (χ3v) is 3.67. The van der Waals surface area contributed by atoms with Crippen LogP contribution in [0.4, 0.5) is 0 Å². The third kappa shape index (κ3) is 1.01. The van der Waals surface area contributed by atoms with Crippen molar-refractivity contribution in [3.63, 3.8) is 0 Å². The predicted octanol–water partition coefficient (Wildman–Crippen LogP) is 1.35. The zero-order chi connectivity index (χ0) is 8.77. The van der Waals surface area contributed by atoms with E-state index in [0.717, 1.165) is 18.8 Å². The van der Waals surface area contributed by atoms with Crippen molar-refractivity contribution >= 4 is 5.78 Å². The summed E-state index contributed by atoms with van der Waals surface area (Å²) in [6.45, 7) is 2.29. The molecule has 0 aromatic rings. The Morgan fingerprint density at radius 1 is 1.58 bits per heavy atom. The van der Waals surface area contributed by atoms with Crippen LogP contribution >= 0.6 is 0 Å². The Hall–Kier alpha value is -0.370. The lowest BCUT2D eigenvalue weighted by atomic mass is 9.91. The van der Waals surface area contributed by atoms with Gasteiger partial charge in [-0.05, 0) is 31.7 Å². The molecule has 0 aliphatic heterocycles. The van der Waals surface area contributed by atoms with Crippen LogP contribution in [0.1, 0.15) is 32.6 Å². The Balaban J connectivity index is 2.21. The van der Waals surface area contributed by atoms with Crippen LogP contribution in [0.15, 0.2) is 0 Å². The molecule has 2 aliphatic carbocycles. The first-order valence-corrected chi connectivity index (χ1v) is 4.87. The van der Waals surface area contributed by atoms with Gasteiger partial charge in [-0.15, -0.1) is 0 Å². The van der Waals surface area contributed by atoms with E-state index in [4.69, 9.17) is 0 Å². The summed E-state index contributed by atoms with van der Waals surface area (Å²) in [5, 5.41) is 3.38. The van der Waals surface area contributed by atoms with Gasteiger partial charge in [-0.25, -0.2) is 0 Å². The number of nitrogens with one attached hydrogen (secondary N) is 1. The molecular weight excluding hydrogens is 150 g/mol. The van der Waals surface area contributed by atoms with E-state index in [1.165, 1.54) is 12.8 Å². The smallest absolute Gasteiger partial charge is 0.135 e. The Bertz CT molecular complexity index is 214. The van der Waals surface area contributed by atoms with Crippen molar-refractivity contribution in [2.75, 3.05) is 7.05 Å². The standard InChI is InChI=1S/C10H17NO/c1-7-3-8-4-9(12)6-10(8,5-7)11-2/h7-8,11H,3-6H2,1-2H3. The maximum atomic E-state index is 11.3. The largest absolute Gasteiger partial charge is 0.314 e. The van der Waals surface area contributed by atoms with Gasteiger partial charge in [-0.1, -0.05) is 6.92 Å². The van der Waals surface area contributed by atoms with E-state index in [1.807, 2.05) is 7.05 Å². The second-order valence-electron chi connectivity index (χ2n) is 4.57. The van der Waals surface area contributed by atoms with Crippen molar-refractivity contribution < 1.29 is 4.79 Å². The molecular formula is C10H17NO. The number of carbonyl (C=O) groups is 1. The maximum Gasteiger partial charge on any atom is 0.135 e. The van der Waals surface area contributed by atoms with Crippen LogP contribution in [-0.4, -0.2) is 18.4 Å². The van der Waals surface area contributed by atoms with Crippen molar-refractivity contribution in [2.24, 2.45) is 11.8 Å². The molecule has 1 N–H and O–H groups in total. The van der Waals surface area contributed by atoms with E-state index in [0.29, 0.717) is 11.7 Å². The zero-order valence-electron chi connectivity index (χ0n) is 7.89. The van der Waals surface area contributed by atoms with Crippen LogP contribution in [0.3, 0.4) is 0 Å². The van der Waals surface area contributed by atoms with Gasteiger partial charge in [0.15, 0.2) is 0 Å². The van der Waals surface area contributed by atoms with Crippen LogP contribution in [0.25, 0.3) is 0 Å². The molecule has 68 valence electrons. The molecule has 12 heavy (non-hydrogen) atoms. The molecule has 0 bridgehead atoms. The lowest BCUT2D eigenvalue weighted by Gasteiger charge is -2.27. The van der Waals surface area contributed by atoms with E-state index in [9.17, 15) is 4.79 Å². The molecule has 2 nitrogen and oxygen atoms in total. The van der Waals surface area contributed by atoms with E-state index in [1.54, 1.807) is 0 Å². The molecule has 2 rings (SSSR count). The second kappa shape index (κ2) is 2.56. The molecule has 0 aromatic heterocycles. The van der Waals surface area contributed by atoms with Crippen molar-refractivity contribution in [1.82, 2.24) is 5.32 Å². The normalized spacial score (nSPS) is 46.7. The molecule has 0 heterocycles. The van der Waals surface area contributed by atoms with Crippen molar-refractivity contribution in [3.8, 4) is 0 Å². The van der Waals surface area contributed by atoms with Gasteiger partial charge >= 0.3 is 0 Å². The lowest BCUT2D eigenvalue weighted by Crippen LogP contribution is -2.42. The quantitative estimate of drug-likeness (QED) is 0.638. The average molecular weight is 167 g/mol. The molecule has 3 unspecified atom stereocenters. The first kappa shape index (κ1) is 8.24. The minimum absolute atomic E-state index is 0.191. The monoisotopic (exact) mass is 167 g/mol. The number of ketones is 1. The van der Waals surface area contributed by atoms with Gasteiger partial charge in [0.1, 0.15) is 5.78 Å². The SMILES string of the molecule is CNC12CC(=O)CC1CC(C)C2. The number of Topliss-reactive ketones (excluding diaryl/α,β-unsaturated/α-hetero) is 1. The fourth-order valence-corrected chi connectivity index (χ4v) is 3.17. The summed E-state index contributed by atoms with van der Waals surface area (Å²) < 4.78 is 0. The van der Waals surface area contributed by atoms with E-state index in [-0.39, 0.29) is 5.54 Å². The molecule has 2 saturated carbocycles. The minimum Gasteiger partial charge on any atom is -0.314 e. The highest BCUT2D eigenvalue weighted by molar-refractivity contribution is 5.83. The van der Waals surface area contributed by atoms with E-state index < -0.39 is 0 Å². The molecule has 0 saturated heterocycles. The second-order valence-corrected chi connectivity index (χ2v) is 4.57. The number of fused-ring (bicyclic) bond motifs is 1. The Kier molecular flexibility index (Phi) is 1.76. The van der Waals surface area contributed by atoms with Crippen LogP contribution in [-0.2, 0) is 4.79 Å². The number of hydrogen-bond acceptors (Lipinski definition) is 2. The molecule has 0 amide bonds. The number of hydrogen-bond donors (Lipinski definition) is 1. The highest BCUT2D eigenvalue weighted by Gasteiger charge is 2.50. The van der Waals surface area contributed by atoms with Crippen LogP contribution in [0.2, 0.25) is 0 Å². The fraction of sp³-hybridized carbons (Fsp3) is 0.900. The zero-order valence-corrected chi connectivity index (χ0v) is 7.89. The van der Waals surface area contributed by atoms with Crippen molar-refractivity contribution in [2.45, 2.75) is 38.1 Å². The topological polar surface area (TPSA) is 29.1 Å². The van der Waals surface area contributed by atoms with E-state index >= 15 is 0 Å². The molecule has 0 radical (unpaired) electrons. The number of carbonyl (C=O) groups excluding carboxylic acids is 1. The highest BCUT2D eigenvalue weighted by Crippen LogP contribution is 2.48. The molecule has 2 aliphatic rings. The van der Waals surface area contributed by atoms with Gasteiger partial charge in [0.05, 0.1) is 0 Å². The van der Waals surface area contributed by atoms with Gasteiger partial charge in [-0.3, -0.25) is 4.79 Å². The molecule has 2 fully saturated rings. The Labute approximate surface area is 73.7 Å². The van der Waals surface area contributed by atoms with Gasteiger partial charge in [0.25, 0.3) is 0 Å². The summed E-state index contributed by atoms with van der Waals surface area (Å²) >= 11 is 0. The fourth-order valence-electron chi connectivity index (χ4n) is 3.17. The van der Waals surface area contributed by atoms with Crippen LogP contribution in [0, 0.1) is 11.8 Å². The number of rotatable bonds is 1. The van der Waals surface area contributed by atoms with E-state index in [2.05, 4.69) is 12.2 Å². The van der Waals surface area contributed by atoms with Gasteiger partial charge in [-0.2, -0.15) is 0 Å². The first-order chi connectivity index (χ1) is 5.66. The predicted molar refractivity (Wildman–Crippen MR) is 47.9 cm³/mol. The summed E-state index contributed by atoms with van der Waals surface area (Å²) in [5.74, 6) is 1.89.